The van der Waals surface area contributed by atoms with E-state index in [-0.39, 0.29) is 29.6 Å². The molecule has 9 nitrogen and oxygen atoms in total. The van der Waals surface area contributed by atoms with Crippen LogP contribution in [-0.2, 0) is 16.0 Å². The van der Waals surface area contributed by atoms with E-state index in [0.29, 0.717) is 47.6 Å². The molecule has 0 bridgehead atoms. The maximum atomic E-state index is 13.4. The summed E-state index contributed by atoms with van der Waals surface area (Å²) in [5.74, 6) is 2.13. The third-order valence-electron chi connectivity index (χ3n) is 6.57. The molecule has 0 saturated carbocycles. The van der Waals surface area contributed by atoms with Crippen molar-refractivity contribution in [2.45, 2.75) is 53.4 Å². The Balaban J connectivity index is 1.63. The van der Waals surface area contributed by atoms with Crippen LogP contribution in [-0.4, -0.2) is 61.3 Å². The highest BCUT2D eigenvalue weighted by atomic mass is 32.1. The first-order valence-electron chi connectivity index (χ1n) is 13.8. The first kappa shape index (κ1) is 31.9. The van der Waals surface area contributed by atoms with E-state index in [2.05, 4.69) is 43.2 Å². The second-order valence-corrected chi connectivity index (χ2v) is 12.3. The fraction of sp³-hybridized carbons (Fsp3) is 0.484. The van der Waals surface area contributed by atoms with Crippen LogP contribution in [0.1, 0.15) is 52.5 Å². The lowest BCUT2D eigenvalue weighted by molar-refractivity contribution is -0.132. The summed E-state index contributed by atoms with van der Waals surface area (Å²) in [5.41, 5.74) is 2.05. The number of nitrogens with zero attached hydrogens (tertiary/aromatic N) is 3. The summed E-state index contributed by atoms with van der Waals surface area (Å²) in [6, 6.07) is 13.2. The molecule has 0 saturated heterocycles. The molecule has 1 N–H and O–H groups in total. The lowest BCUT2D eigenvalue weighted by Gasteiger charge is -2.27. The first-order valence-corrected chi connectivity index (χ1v) is 14.6. The van der Waals surface area contributed by atoms with Gasteiger partial charge in [0, 0.05) is 31.5 Å². The summed E-state index contributed by atoms with van der Waals surface area (Å²) < 4.78 is 16.0. The predicted octanol–water partition coefficient (Wildman–Crippen LogP) is 6.09. The van der Waals surface area contributed by atoms with Crippen molar-refractivity contribution in [2.75, 3.05) is 39.7 Å². The zero-order valence-corrected chi connectivity index (χ0v) is 26.0. The molecule has 1 atom stereocenters. The molecule has 2 amide bonds. The number of carbonyl (C=O) groups is 2. The first-order chi connectivity index (χ1) is 19.5. The lowest BCUT2D eigenvalue weighted by Crippen LogP contribution is -2.36. The SMILES string of the molecule is COc1ccc(-c2nnc(NC(=O)CCN(CCc3ccc(OC)c(OC)c3)C(=O)CC(C)CC(C)(C)C)s2)cc1. The van der Waals surface area contributed by atoms with Gasteiger partial charge in [-0.15, -0.1) is 10.2 Å². The average molecular weight is 583 g/mol. The lowest BCUT2D eigenvalue weighted by atomic mass is 9.84. The maximum Gasteiger partial charge on any atom is 0.227 e. The summed E-state index contributed by atoms with van der Waals surface area (Å²) in [6.45, 7) is 9.45. The van der Waals surface area contributed by atoms with E-state index in [0.717, 1.165) is 23.3 Å². The third kappa shape index (κ3) is 10.0. The maximum absolute atomic E-state index is 13.4. The van der Waals surface area contributed by atoms with Crippen molar-refractivity contribution in [3.63, 3.8) is 0 Å². The minimum absolute atomic E-state index is 0.0488. The van der Waals surface area contributed by atoms with Crippen LogP contribution in [0.5, 0.6) is 17.2 Å². The van der Waals surface area contributed by atoms with E-state index >= 15 is 0 Å². The highest BCUT2D eigenvalue weighted by Gasteiger charge is 2.22. The Kier molecular flexibility index (Phi) is 11.5. The number of methoxy groups -OCH3 is 3. The summed E-state index contributed by atoms with van der Waals surface area (Å²) in [4.78, 5) is 28.0. The van der Waals surface area contributed by atoms with Crippen molar-refractivity contribution in [1.29, 1.82) is 0 Å². The van der Waals surface area contributed by atoms with Gasteiger partial charge >= 0.3 is 0 Å². The van der Waals surface area contributed by atoms with Crippen LogP contribution in [0.3, 0.4) is 0 Å². The molecule has 3 rings (SSSR count). The van der Waals surface area contributed by atoms with Crippen molar-refractivity contribution in [1.82, 2.24) is 15.1 Å². The molecule has 222 valence electrons. The number of aromatic nitrogens is 2. The Labute approximate surface area is 247 Å². The van der Waals surface area contributed by atoms with Crippen molar-refractivity contribution in [3.8, 4) is 27.8 Å². The van der Waals surface area contributed by atoms with Crippen LogP contribution >= 0.6 is 11.3 Å². The topological polar surface area (TPSA) is 103 Å². The highest BCUT2D eigenvalue weighted by Crippen LogP contribution is 2.30. The Morgan fingerprint density at radius 3 is 2.29 bits per heavy atom. The van der Waals surface area contributed by atoms with Crippen molar-refractivity contribution < 1.29 is 23.8 Å². The number of anilines is 1. The second kappa shape index (κ2) is 14.8. The Morgan fingerprint density at radius 2 is 1.66 bits per heavy atom. The Bertz CT molecular complexity index is 1290. The van der Waals surface area contributed by atoms with Crippen LogP contribution < -0.4 is 19.5 Å². The van der Waals surface area contributed by atoms with Gasteiger partial charge in [0.2, 0.25) is 16.9 Å². The quantitative estimate of drug-likeness (QED) is 0.245. The number of amides is 2. The van der Waals surface area contributed by atoms with Gasteiger partial charge in [0.05, 0.1) is 21.3 Å². The molecule has 0 radical (unpaired) electrons. The smallest absolute Gasteiger partial charge is 0.227 e. The molecule has 0 aliphatic rings. The zero-order chi connectivity index (χ0) is 30.0. The van der Waals surface area contributed by atoms with Crippen LogP contribution in [0.2, 0.25) is 0 Å². The fourth-order valence-electron chi connectivity index (χ4n) is 4.75. The highest BCUT2D eigenvalue weighted by molar-refractivity contribution is 7.18. The van der Waals surface area contributed by atoms with Gasteiger partial charge in [-0.1, -0.05) is 45.1 Å². The van der Waals surface area contributed by atoms with Gasteiger partial charge in [0.25, 0.3) is 0 Å². The molecule has 3 aromatic rings. The molecule has 1 unspecified atom stereocenters. The van der Waals surface area contributed by atoms with Crippen LogP contribution in [0.4, 0.5) is 5.13 Å². The van der Waals surface area contributed by atoms with Crippen LogP contribution in [0.25, 0.3) is 10.6 Å². The molecular weight excluding hydrogens is 540 g/mol. The molecule has 2 aromatic carbocycles. The molecule has 1 aromatic heterocycles. The van der Waals surface area contributed by atoms with E-state index in [1.165, 1.54) is 11.3 Å². The van der Waals surface area contributed by atoms with Crippen LogP contribution in [0.15, 0.2) is 42.5 Å². The number of hydrogen-bond acceptors (Lipinski definition) is 8. The van der Waals surface area contributed by atoms with Crippen molar-refractivity contribution in [2.24, 2.45) is 11.3 Å². The van der Waals surface area contributed by atoms with Gasteiger partial charge in [0.15, 0.2) is 11.5 Å². The standard InChI is InChI=1S/C31H42N4O5S/c1-21(20-31(2,3)4)18-28(37)35(16-14-22-8-13-25(39-6)26(19-22)40-7)17-15-27(36)32-30-34-33-29(41-30)23-9-11-24(38-5)12-10-23/h8-13,19,21H,14-18,20H2,1-7H3,(H,32,34,36). The Morgan fingerprint density at radius 1 is 0.951 bits per heavy atom. The number of nitrogens with one attached hydrogen (secondary N) is 1. The van der Waals surface area contributed by atoms with E-state index < -0.39 is 0 Å². The number of ether oxygens (including phenoxy) is 3. The summed E-state index contributed by atoms with van der Waals surface area (Å²) >= 11 is 1.30. The summed E-state index contributed by atoms with van der Waals surface area (Å²) in [5, 5.41) is 12.3. The average Bonchev–Trinajstić information content (AvgIpc) is 3.40. The number of carbonyl (C=O) groups excluding carboxylic acids is 2. The van der Waals surface area contributed by atoms with Gasteiger partial charge < -0.3 is 24.4 Å². The minimum atomic E-state index is -0.214. The van der Waals surface area contributed by atoms with Crippen molar-refractivity contribution >= 4 is 28.3 Å². The van der Waals surface area contributed by atoms with E-state index in [9.17, 15) is 9.59 Å². The van der Waals surface area contributed by atoms with Gasteiger partial charge in [-0.25, -0.2) is 0 Å². The van der Waals surface area contributed by atoms with Gasteiger partial charge in [-0.2, -0.15) is 0 Å². The number of rotatable bonds is 14. The van der Waals surface area contributed by atoms with Crippen molar-refractivity contribution in [3.05, 3.63) is 48.0 Å². The molecule has 10 heteroatoms. The summed E-state index contributed by atoms with van der Waals surface area (Å²) in [7, 11) is 4.82. The largest absolute Gasteiger partial charge is 0.497 e. The molecule has 0 spiro atoms. The fourth-order valence-corrected chi connectivity index (χ4v) is 5.51. The molecular formula is C31H42N4O5S. The van der Waals surface area contributed by atoms with E-state index in [1.807, 2.05) is 42.5 Å². The number of hydrogen-bond donors (Lipinski definition) is 1. The second-order valence-electron chi connectivity index (χ2n) is 11.3. The molecule has 0 fully saturated rings. The Hall–Kier alpha value is -3.66. The van der Waals surface area contributed by atoms with E-state index in [1.54, 1.807) is 26.2 Å². The molecule has 41 heavy (non-hydrogen) atoms. The zero-order valence-electron chi connectivity index (χ0n) is 25.2. The van der Waals surface area contributed by atoms with Gasteiger partial charge in [-0.05, 0) is 66.1 Å². The molecule has 0 aliphatic carbocycles. The van der Waals surface area contributed by atoms with Crippen LogP contribution in [0, 0.1) is 11.3 Å². The van der Waals surface area contributed by atoms with Gasteiger partial charge in [-0.3, -0.25) is 9.59 Å². The molecule has 0 aliphatic heterocycles. The van der Waals surface area contributed by atoms with E-state index in [4.69, 9.17) is 14.2 Å². The molecule has 1 heterocycles. The summed E-state index contributed by atoms with van der Waals surface area (Å²) in [6.07, 6.45) is 2.16. The minimum Gasteiger partial charge on any atom is -0.497 e. The van der Waals surface area contributed by atoms with Gasteiger partial charge in [0.1, 0.15) is 10.8 Å². The normalized spacial score (nSPS) is 12.0. The monoisotopic (exact) mass is 582 g/mol. The number of benzene rings is 2. The predicted molar refractivity (Wildman–Crippen MR) is 163 cm³/mol. The third-order valence-corrected chi connectivity index (χ3v) is 7.46.